The van der Waals surface area contributed by atoms with Gasteiger partial charge in [0.05, 0.1) is 46.0 Å². The molecule has 1 fully saturated rings. The molecular weight excluding hydrogens is 691 g/mol. The number of hydrogen-bond donors (Lipinski definition) is 4. The molecule has 0 aliphatic carbocycles. The number of anilines is 1. The lowest BCUT2D eigenvalue weighted by Crippen LogP contribution is -2.46. The normalized spacial score (nSPS) is 17.4. The summed E-state index contributed by atoms with van der Waals surface area (Å²) in [6.45, 7) is 19.0. The first-order chi connectivity index (χ1) is 27.1. The number of aliphatic hydroxyl groups is 2. The van der Waals surface area contributed by atoms with E-state index in [1.165, 1.54) is 44.5 Å². The summed E-state index contributed by atoms with van der Waals surface area (Å²) >= 11 is 0. The third kappa shape index (κ3) is 6.22. The molecule has 0 saturated carbocycles. The zero-order valence-corrected chi connectivity index (χ0v) is 34.2. The van der Waals surface area contributed by atoms with E-state index in [9.17, 15) is 10.2 Å². The lowest BCUT2D eigenvalue weighted by Gasteiger charge is -2.35. The van der Waals surface area contributed by atoms with Crippen LogP contribution in [0.1, 0.15) is 106 Å². The standard InChI is InChI=1S/C49H55N5O2/c1-9-34-27(5)46-44(31-16-14-13-15-17-31)47-28(6)35(10-2)39(51-47)25-41-37(12-4)30(8)49(53-41)45(48-29(7)36(11-3)40(52-48)24-38(34)50-46)32-18-20-33(21-19-32)54-23-22-42(55)43(56)26-54/h13-21,24-25,42-43,50,53,55-56H,9-12,22-23,26H2,1-8H3/t42-,43-/m1/s1. The van der Waals surface area contributed by atoms with Gasteiger partial charge in [-0.25, -0.2) is 9.97 Å². The number of rotatable bonds is 7. The molecule has 2 atom stereocenters. The topological polar surface area (TPSA) is 101 Å². The fourth-order valence-corrected chi connectivity index (χ4v) is 9.47. The van der Waals surface area contributed by atoms with Gasteiger partial charge in [0, 0.05) is 40.9 Å². The van der Waals surface area contributed by atoms with Gasteiger partial charge in [0.25, 0.3) is 0 Å². The molecule has 1 saturated heterocycles. The van der Waals surface area contributed by atoms with Crippen LogP contribution in [0, 0.1) is 13.8 Å². The van der Waals surface area contributed by atoms with E-state index in [1.54, 1.807) is 0 Å². The molecule has 56 heavy (non-hydrogen) atoms. The highest BCUT2D eigenvalue weighted by Crippen LogP contribution is 2.44. The maximum absolute atomic E-state index is 10.5. The summed E-state index contributed by atoms with van der Waals surface area (Å²) in [6.07, 6.45) is 2.60. The molecule has 7 heteroatoms. The number of fused-ring (bicyclic) bond motifs is 8. The molecule has 7 nitrogen and oxygen atoms in total. The number of allylic oxidation sites excluding steroid dienone is 4. The van der Waals surface area contributed by atoms with Crippen LogP contribution in [-0.4, -0.2) is 55.4 Å². The minimum absolute atomic E-state index is 0.412. The van der Waals surface area contributed by atoms with Crippen molar-refractivity contribution in [3.63, 3.8) is 0 Å². The number of aryl methyl sites for hydroxylation is 4. The molecule has 0 unspecified atom stereocenters. The van der Waals surface area contributed by atoms with Crippen LogP contribution >= 0.6 is 0 Å². The fourth-order valence-electron chi connectivity index (χ4n) is 9.47. The summed E-state index contributed by atoms with van der Waals surface area (Å²) in [5.41, 5.74) is 23.8. The van der Waals surface area contributed by atoms with Crippen LogP contribution in [0.15, 0.2) is 66.7 Å². The number of aromatic nitrogens is 4. The summed E-state index contributed by atoms with van der Waals surface area (Å²) in [7, 11) is 0. The van der Waals surface area contributed by atoms with E-state index in [0.717, 1.165) is 98.5 Å². The summed E-state index contributed by atoms with van der Waals surface area (Å²) in [5.74, 6) is 0. The second kappa shape index (κ2) is 15.0. The predicted octanol–water partition coefficient (Wildman–Crippen LogP) is 11.0. The van der Waals surface area contributed by atoms with E-state index >= 15 is 0 Å². The summed E-state index contributed by atoms with van der Waals surface area (Å²) in [5, 5.41) is 20.6. The van der Waals surface area contributed by atoms with Gasteiger partial charge in [-0.2, -0.15) is 0 Å². The Morgan fingerprint density at radius 2 is 1.11 bits per heavy atom. The third-order valence-electron chi connectivity index (χ3n) is 12.6. The monoisotopic (exact) mass is 745 g/mol. The Morgan fingerprint density at radius 3 is 1.55 bits per heavy atom. The van der Waals surface area contributed by atoms with Crippen molar-refractivity contribution in [3.8, 4) is 22.3 Å². The smallest absolute Gasteiger partial charge is 0.0974 e. The fraction of sp³-hybridized carbons (Fsp3) is 0.347. The molecule has 3 aliphatic rings. The molecule has 2 aromatic carbocycles. The van der Waals surface area contributed by atoms with Gasteiger partial charge in [-0.3, -0.25) is 0 Å². The van der Waals surface area contributed by atoms with E-state index in [-0.39, 0.29) is 0 Å². The van der Waals surface area contributed by atoms with Crippen molar-refractivity contribution < 1.29 is 10.2 Å². The van der Waals surface area contributed by atoms with E-state index in [1.807, 2.05) is 0 Å². The van der Waals surface area contributed by atoms with E-state index in [4.69, 9.17) is 9.97 Å². The van der Waals surface area contributed by atoms with Gasteiger partial charge in [-0.15, -0.1) is 0 Å². The molecule has 288 valence electrons. The van der Waals surface area contributed by atoms with Crippen LogP contribution in [0.3, 0.4) is 0 Å². The SMILES string of the molecule is CCC1=C(C)c2nc1cc1[nH]c(c(C)c1CC)c(-c1ccccc1)c1nc(cc3[nH]c(c(C)c3CC)c2-c2ccc(N3CC[C@@H](O)[C@H](O)C3)cc2)C(CC)=C1C. The molecule has 8 bridgehead atoms. The predicted molar refractivity (Wildman–Crippen MR) is 235 cm³/mol. The molecule has 8 rings (SSSR count). The number of hydrogen-bond acceptors (Lipinski definition) is 5. The van der Waals surface area contributed by atoms with E-state index in [0.29, 0.717) is 19.5 Å². The quantitative estimate of drug-likeness (QED) is 0.133. The molecular formula is C49H55N5O2. The number of β-amino-alcohol motifs (C(OH)–C–C–N with tert-alkyl or cyclic N) is 1. The van der Waals surface area contributed by atoms with E-state index < -0.39 is 12.2 Å². The van der Waals surface area contributed by atoms with Crippen molar-refractivity contribution in [2.24, 2.45) is 0 Å². The Hall–Kier alpha value is -5.24. The highest BCUT2D eigenvalue weighted by Gasteiger charge is 2.28. The van der Waals surface area contributed by atoms with Crippen LogP contribution in [-0.2, 0) is 12.8 Å². The van der Waals surface area contributed by atoms with Gasteiger partial charge in [0.15, 0.2) is 0 Å². The number of aromatic amines is 2. The van der Waals surface area contributed by atoms with Crippen LogP contribution in [0.25, 0.3) is 66.6 Å². The molecule has 0 spiro atoms. The minimum atomic E-state index is -0.756. The Bertz CT molecular complexity index is 2570. The first-order valence-corrected chi connectivity index (χ1v) is 20.5. The first kappa shape index (κ1) is 37.7. The van der Waals surface area contributed by atoms with Gasteiger partial charge < -0.3 is 25.1 Å². The number of nitrogens with one attached hydrogen (secondary N) is 2. The van der Waals surface area contributed by atoms with Gasteiger partial charge in [-0.1, -0.05) is 70.2 Å². The zero-order valence-electron chi connectivity index (χ0n) is 34.2. The number of benzene rings is 2. The Balaban J connectivity index is 1.51. The van der Waals surface area contributed by atoms with E-state index in [2.05, 4.69) is 137 Å². The van der Waals surface area contributed by atoms with Crippen LogP contribution in [0.4, 0.5) is 5.69 Å². The zero-order chi connectivity index (χ0) is 39.4. The molecule has 3 aliphatic heterocycles. The molecule has 3 aromatic heterocycles. The van der Waals surface area contributed by atoms with Crippen molar-refractivity contribution in [2.75, 3.05) is 18.0 Å². The molecule has 0 radical (unpaired) electrons. The van der Waals surface area contributed by atoms with Crippen molar-refractivity contribution in [2.45, 2.75) is 99.7 Å². The molecule has 6 heterocycles. The summed E-state index contributed by atoms with van der Waals surface area (Å²) < 4.78 is 0. The highest BCUT2D eigenvalue weighted by molar-refractivity contribution is 6.03. The van der Waals surface area contributed by atoms with Crippen molar-refractivity contribution in [1.82, 2.24) is 19.9 Å². The first-order valence-electron chi connectivity index (χ1n) is 20.5. The van der Waals surface area contributed by atoms with Gasteiger partial charge in [0.1, 0.15) is 0 Å². The average molecular weight is 746 g/mol. The number of piperidine rings is 1. The minimum Gasteiger partial charge on any atom is -0.390 e. The lowest BCUT2D eigenvalue weighted by atomic mass is 9.95. The third-order valence-corrected chi connectivity index (χ3v) is 12.6. The highest BCUT2D eigenvalue weighted by atomic mass is 16.3. The van der Waals surface area contributed by atoms with Crippen LogP contribution in [0.2, 0.25) is 0 Å². The molecule has 5 aromatic rings. The molecule has 0 amide bonds. The van der Waals surface area contributed by atoms with Crippen LogP contribution in [0.5, 0.6) is 0 Å². The largest absolute Gasteiger partial charge is 0.390 e. The Labute approximate surface area is 330 Å². The molecule has 4 N–H and O–H groups in total. The summed E-state index contributed by atoms with van der Waals surface area (Å²) in [6, 6.07) is 24.0. The number of nitrogens with zero attached hydrogens (tertiary/aromatic N) is 3. The Morgan fingerprint density at radius 1 is 0.625 bits per heavy atom. The maximum atomic E-state index is 10.5. The maximum Gasteiger partial charge on any atom is 0.0974 e. The number of H-pyrrole nitrogens is 2. The Kier molecular flexibility index (Phi) is 10.1. The lowest BCUT2D eigenvalue weighted by molar-refractivity contribution is 0.00802. The second-order valence-electron chi connectivity index (χ2n) is 15.7. The number of aliphatic hydroxyl groups excluding tert-OH is 2. The average Bonchev–Trinajstić information content (AvgIpc) is 3.89. The summed E-state index contributed by atoms with van der Waals surface area (Å²) in [4.78, 5) is 21.2. The van der Waals surface area contributed by atoms with Crippen molar-refractivity contribution in [1.29, 1.82) is 0 Å². The van der Waals surface area contributed by atoms with Crippen molar-refractivity contribution in [3.05, 3.63) is 112 Å². The van der Waals surface area contributed by atoms with Gasteiger partial charge in [0.2, 0.25) is 0 Å². The van der Waals surface area contributed by atoms with Crippen molar-refractivity contribution >= 4 is 50.0 Å². The second-order valence-corrected chi connectivity index (χ2v) is 15.7. The van der Waals surface area contributed by atoms with Gasteiger partial charge >= 0.3 is 0 Å². The van der Waals surface area contributed by atoms with Crippen LogP contribution < -0.4 is 4.90 Å². The van der Waals surface area contributed by atoms with Gasteiger partial charge in [-0.05, 0) is 140 Å².